The van der Waals surface area contributed by atoms with Crippen LogP contribution in [0.5, 0.6) is 0 Å². The molecule has 24 heavy (non-hydrogen) atoms. The van der Waals surface area contributed by atoms with Crippen LogP contribution in [0.3, 0.4) is 0 Å². The molecule has 5 rings (SSSR count). The van der Waals surface area contributed by atoms with E-state index < -0.39 is 0 Å². The monoisotopic (exact) mass is 328 g/mol. The highest BCUT2D eigenvalue weighted by atomic mass is 19.1. The lowest BCUT2D eigenvalue weighted by Gasteiger charge is -2.49. The predicted molar refractivity (Wildman–Crippen MR) is 89.1 cm³/mol. The summed E-state index contributed by atoms with van der Waals surface area (Å²) < 4.78 is 18.7. The van der Waals surface area contributed by atoms with Gasteiger partial charge in [-0.25, -0.2) is 4.39 Å². The number of halogens is 1. The Balaban J connectivity index is 1.48. The number of amides is 1. The number of fused-ring (bicyclic) bond motifs is 3. The minimum absolute atomic E-state index is 0.172. The summed E-state index contributed by atoms with van der Waals surface area (Å²) in [7, 11) is 0. The average Bonchev–Trinajstić information content (AvgIpc) is 3.09. The summed E-state index contributed by atoms with van der Waals surface area (Å²) in [4.78, 5) is 15.0. The molecule has 1 amide bonds. The van der Waals surface area contributed by atoms with Crippen LogP contribution >= 0.6 is 0 Å². The number of furan rings is 1. The first kappa shape index (κ1) is 15.4. The molecule has 5 heteroatoms. The molecule has 126 valence electrons. The van der Waals surface area contributed by atoms with Gasteiger partial charge in [-0.3, -0.25) is 9.69 Å². The largest absolute Gasteiger partial charge is 0.451 e. The van der Waals surface area contributed by atoms with Gasteiger partial charge in [0.05, 0.1) is 0 Å². The van der Waals surface area contributed by atoms with Crippen molar-refractivity contribution in [1.82, 2.24) is 10.2 Å². The molecule has 0 spiro atoms. The first-order valence-electron chi connectivity index (χ1n) is 8.52. The highest BCUT2D eigenvalue weighted by Crippen LogP contribution is 2.32. The Bertz CT molecular complexity index is 730. The van der Waals surface area contributed by atoms with Gasteiger partial charge in [0.2, 0.25) is 0 Å². The molecule has 3 fully saturated rings. The summed E-state index contributed by atoms with van der Waals surface area (Å²) in [6.07, 6.45) is 2.29. The second kappa shape index (κ2) is 6.06. The predicted octanol–water partition coefficient (Wildman–Crippen LogP) is 3.30. The molecule has 2 bridgehead atoms. The highest BCUT2D eigenvalue weighted by molar-refractivity contribution is 5.92. The Morgan fingerprint density at radius 2 is 1.88 bits per heavy atom. The Morgan fingerprint density at radius 1 is 1.17 bits per heavy atom. The van der Waals surface area contributed by atoms with Gasteiger partial charge in [0, 0.05) is 17.6 Å². The van der Waals surface area contributed by atoms with E-state index in [1.165, 1.54) is 12.1 Å². The van der Waals surface area contributed by atoms with Crippen LogP contribution in [0.2, 0.25) is 0 Å². The molecule has 1 aromatic carbocycles. The summed E-state index contributed by atoms with van der Waals surface area (Å²) in [5.41, 5.74) is 0.756. The summed E-state index contributed by atoms with van der Waals surface area (Å²) in [6, 6.07) is 10.0. The Hall–Kier alpha value is -2.14. The van der Waals surface area contributed by atoms with Crippen molar-refractivity contribution >= 4 is 5.91 Å². The van der Waals surface area contributed by atoms with E-state index in [0.29, 0.717) is 23.5 Å². The van der Waals surface area contributed by atoms with Gasteiger partial charge in [-0.2, -0.15) is 0 Å². The van der Waals surface area contributed by atoms with Gasteiger partial charge in [0.15, 0.2) is 5.76 Å². The van der Waals surface area contributed by atoms with Gasteiger partial charge >= 0.3 is 0 Å². The van der Waals surface area contributed by atoms with Crippen molar-refractivity contribution in [1.29, 1.82) is 0 Å². The van der Waals surface area contributed by atoms with Crippen LogP contribution in [0, 0.1) is 11.7 Å². The lowest BCUT2D eigenvalue weighted by atomic mass is 9.79. The van der Waals surface area contributed by atoms with Crippen molar-refractivity contribution in [2.75, 3.05) is 13.1 Å². The van der Waals surface area contributed by atoms with E-state index in [-0.39, 0.29) is 17.8 Å². The number of hydrogen-bond acceptors (Lipinski definition) is 3. The number of rotatable bonds is 3. The highest BCUT2D eigenvalue weighted by Gasteiger charge is 2.40. The molecule has 3 aliphatic rings. The molecule has 0 unspecified atom stereocenters. The number of nitrogens with zero attached hydrogens (tertiary/aromatic N) is 1. The molecule has 3 saturated heterocycles. The van der Waals surface area contributed by atoms with Crippen molar-refractivity contribution in [3.8, 4) is 11.3 Å². The summed E-state index contributed by atoms with van der Waals surface area (Å²) >= 11 is 0. The van der Waals surface area contributed by atoms with Crippen molar-refractivity contribution < 1.29 is 13.6 Å². The van der Waals surface area contributed by atoms with Crippen LogP contribution in [-0.2, 0) is 0 Å². The molecule has 0 aliphatic carbocycles. The molecule has 0 radical (unpaired) electrons. The van der Waals surface area contributed by atoms with E-state index in [2.05, 4.69) is 17.1 Å². The molecule has 1 N–H and O–H groups in total. The maximum atomic E-state index is 13.0. The third kappa shape index (κ3) is 2.73. The zero-order valence-corrected chi connectivity index (χ0v) is 13.7. The van der Waals surface area contributed by atoms with Crippen molar-refractivity contribution in [2.24, 2.45) is 5.92 Å². The van der Waals surface area contributed by atoms with Gasteiger partial charge in [0.25, 0.3) is 5.91 Å². The molecule has 2 aromatic rings. The second-order valence-electron chi connectivity index (χ2n) is 6.78. The first-order valence-corrected chi connectivity index (χ1v) is 8.52. The van der Waals surface area contributed by atoms with Gasteiger partial charge in [-0.15, -0.1) is 0 Å². The smallest absolute Gasteiger partial charge is 0.287 e. The van der Waals surface area contributed by atoms with Crippen molar-refractivity contribution in [3.05, 3.63) is 48.0 Å². The summed E-state index contributed by atoms with van der Waals surface area (Å²) in [5, 5.41) is 3.16. The van der Waals surface area contributed by atoms with Gasteiger partial charge in [0.1, 0.15) is 11.6 Å². The van der Waals surface area contributed by atoms with Crippen LogP contribution in [0.4, 0.5) is 4.39 Å². The number of hydrogen-bond donors (Lipinski definition) is 1. The number of piperidine rings is 3. The molecule has 4 heterocycles. The molecule has 3 aliphatic heterocycles. The maximum absolute atomic E-state index is 13.0. The Kier molecular flexibility index (Phi) is 3.88. The van der Waals surface area contributed by atoms with E-state index in [9.17, 15) is 9.18 Å². The minimum atomic E-state index is -0.292. The number of carbonyl (C=O) groups is 1. The Morgan fingerprint density at radius 3 is 2.54 bits per heavy atom. The van der Waals surface area contributed by atoms with Gasteiger partial charge < -0.3 is 9.73 Å². The minimum Gasteiger partial charge on any atom is -0.451 e. The second-order valence-corrected chi connectivity index (χ2v) is 6.78. The fraction of sp³-hybridized carbons (Fsp3) is 0.421. The van der Waals surface area contributed by atoms with Gasteiger partial charge in [-0.05, 0) is 75.2 Å². The Labute approximate surface area is 140 Å². The standard InChI is InChI=1S/C19H21FN2O2/c1-12-18(14-8-10-22(12)11-9-14)21-19(23)17-7-6-16(24-17)13-2-4-15(20)5-3-13/h2-7,12,14,18H,8-11H2,1H3,(H,21,23)/t12-,18-/m0/s1. The lowest BCUT2D eigenvalue weighted by Crippen LogP contribution is -2.62. The van der Waals surface area contributed by atoms with Gasteiger partial charge in [-0.1, -0.05) is 0 Å². The molecule has 2 atom stereocenters. The first-order chi connectivity index (χ1) is 11.6. The number of nitrogens with one attached hydrogen (secondary N) is 1. The number of carbonyl (C=O) groups excluding carboxylic acids is 1. The van der Waals surface area contributed by atoms with Crippen LogP contribution < -0.4 is 5.32 Å². The summed E-state index contributed by atoms with van der Waals surface area (Å²) in [6.45, 7) is 4.45. The summed E-state index contributed by atoms with van der Waals surface area (Å²) in [5.74, 6) is 0.967. The maximum Gasteiger partial charge on any atom is 0.287 e. The van der Waals surface area contributed by atoms with E-state index in [0.717, 1.165) is 31.5 Å². The van der Waals surface area contributed by atoms with Crippen LogP contribution in [-0.4, -0.2) is 36.0 Å². The van der Waals surface area contributed by atoms with Crippen LogP contribution in [0.1, 0.15) is 30.3 Å². The van der Waals surface area contributed by atoms with E-state index in [1.807, 2.05) is 0 Å². The molecule has 1 aromatic heterocycles. The fourth-order valence-corrected chi connectivity index (χ4v) is 4.00. The molecule has 4 nitrogen and oxygen atoms in total. The van der Waals surface area contributed by atoms with E-state index >= 15 is 0 Å². The van der Waals surface area contributed by atoms with Crippen LogP contribution in [0.25, 0.3) is 11.3 Å². The van der Waals surface area contributed by atoms with E-state index in [4.69, 9.17) is 4.42 Å². The zero-order chi connectivity index (χ0) is 16.7. The average molecular weight is 328 g/mol. The van der Waals surface area contributed by atoms with Crippen molar-refractivity contribution in [3.63, 3.8) is 0 Å². The molecular formula is C19H21FN2O2. The zero-order valence-electron chi connectivity index (χ0n) is 13.7. The topological polar surface area (TPSA) is 45.5 Å². The quantitative estimate of drug-likeness (QED) is 0.940. The fourth-order valence-electron chi connectivity index (χ4n) is 4.00. The van der Waals surface area contributed by atoms with E-state index in [1.54, 1.807) is 24.3 Å². The van der Waals surface area contributed by atoms with Crippen molar-refractivity contribution in [2.45, 2.75) is 31.8 Å². The third-order valence-corrected chi connectivity index (χ3v) is 5.43. The molecule has 0 saturated carbocycles. The van der Waals surface area contributed by atoms with Crippen LogP contribution in [0.15, 0.2) is 40.8 Å². The third-order valence-electron chi connectivity index (χ3n) is 5.43. The molecular weight excluding hydrogens is 307 g/mol. The number of benzene rings is 1. The normalized spacial score (nSPS) is 28.8. The lowest BCUT2D eigenvalue weighted by molar-refractivity contribution is 0.0211. The SMILES string of the molecule is C[C@H]1[C@H](NC(=O)c2ccc(-c3ccc(F)cc3)o2)C2CCN1CC2.